The minimum absolute atomic E-state index is 0.0241. The third kappa shape index (κ3) is 7.40. The lowest BCUT2D eigenvalue weighted by Crippen LogP contribution is -2.29. The zero-order chi connectivity index (χ0) is 13.5. The molecule has 2 N–H and O–H groups in total. The molecule has 0 bridgehead atoms. The average Bonchev–Trinajstić information content (AvgIpc) is 2.20. The van der Waals surface area contributed by atoms with Gasteiger partial charge in [0, 0.05) is 13.0 Å². The van der Waals surface area contributed by atoms with Gasteiger partial charge in [0.2, 0.25) is 0 Å². The Morgan fingerprint density at radius 3 is 2.35 bits per heavy atom. The Bertz CT molecular complexity index is 310. The Balaban J connectivity index is 4.17. The van der Waals surface area contributed by atoms with Crippen LogP contribution in [0.3, 0.4) is 0 Å². The number of carbonyl (C=O) groups excluding carboxylic acids is 1. The van der Waals surface area contributed by atoms with E-state index in [1.165, 1.54) is 0 Å². The van der Waals surface area contributed by atoms with Crippen molar-refractivity contribution in [3.63, 3.8) is 0 Å². The number of terminal acetylenes is 1. The summed E-state index contributed by atoms with van der Waals surface area (Å²) in [5.74, 6) is 1.02. The van der Waals surface area contributed by atoms with Crippen molar-refractivity contribution in [2.45, 2.75) is 40.0 Å². The summed E-state index contributed by atoms with van der Waals surface area (Å²) in [4.78, 5) is 21.4. The van der Waals surface area contributed by atoms with Crippen LogP contribution in [0.15, 0.2) is 0 Å². The molecule has 0 aliphatic rings. The minimum Gasteiger partial charge on any atom is -0.481 e. The third-order valence-electron chi connectivity index (χ3n) is 2.84. The number of hydrogen-bond donors (Lipinski definition) is 2. The van der Waals surface area contributed by atoms with Crippen molar-refractivity contribution < 1.29 is 14.7 Å². The van der Waals surface area contributed by atoms with E-state index >= 15 is 0 Å². The van der Waals surface area contributed by atoms with Crippen molar-refractivity contribution in [2.24, 2.45) is 11.3 Å². The molecule has 1 atom stereocenters. The normalized spacial score (nSPS) is 12.6. The molecule has 4 heteroatoms. The predicted octanol–water partition coefficient (Wildman–Crippen LogP) is 1.65. The maximum absolute atomic E-state index is 10.9. The SMILES string of the molecule is C#CC(=O)NCCC(CCC(=O)O)C(C)(C)C. The largest absolute Gasteiger partial charge is 0.481 e. The Kier molecular flexibility index (Phi) is 6.34. The van der Waals surface area contributed by atoms with Crippen LogP contribution < -0.4 is 5.32 Å². The third-order valence-corrected chi connectivity index (χ3v) is 2.84. The van der Waals surface area contributed by atoms with E-state index in [4.69, 9.17) is 11.5 Å². The van der Waals surface area contributed by atoms with Gasteiger partial charge in [-0.15, -0.1) is 6.42 Å². The summed E-state index contributed by atoms with van der Waals surface area (Å²) >= 11 is 0. The molecule has 0 heterocycles. The molecule has 0 aliphatic heterocycles. The fourth-order valence-corrected chi connectivity index (χ4v) is 1.72. The highest BCUT2D eigenvalue weighted by Crippen LogP contribution is 2.32. The van der Waals surface area contributed by atoms with Crippen LogP contribution in [-0.2, 0) is 9.59 Å². The van der Waals surface area contributed by atoms with Crippen LogP contribution >= 0.6 is 0 Å². The molecule has 0 rings (SSSR count). The molecule has 0 spiro atoms. The second-order valence-electron chi connectivity index (χ2n) is 5.18. The number of carboxylic acids is 1. The van der Waals surface area contributed by atoms with Crippen molar-refractivity contribution in [3.05, 3.63) is 0 Å². The topological polar surface area (TPSA) is 66.4 Å². The van der Waals surface area contributed by atoms with E-state index in [1.54, 1.807) is 0 Å². The maximum atomic E-state index is 10.9. The average molecular weight is 239 g/mol. The fraction of sp³-hybridized carbons (Fsp3) is 0.692. The Morgan fingerprint density at radius 2 is 1.94 bits per heavy atom. The van der Waals surface area contributed by atoms with E-state index in [9.17, 15) is 9.59 Å². The first-order chi connectivity index (χ1) is 7.77. The van der Waals surface area contributed by atoms with Crippen molar-refractivity contribution in [1.82, 2.24) is 5.32 Å². The van der Waals surface area contributed by atoms with E-state index in [0.717, 1.165) is 6.42 Å². The zero-order valence-electron chi connectivity index (χ0n) is 10.7. The van der Waals surface area contributed by atoms with Gasteiger partial charge < -0.3 is 10.4 Å². The smallest absolute Gasteiger partial charge is 0.303 e. The number of amides is 1. The van der Waals surface area contributed by atoms with Gasteiger partial charge in [0.25, 0.3) is 5.91 Å². The molecule has 0 fully saturated rings. The van der Waals surface area contributed by atoms with Crippen LogP contribution in [0.5, 0.6) is 0 Å². The highest BCUT2D eigenvalue weighted by molar-refractivity contribution is 5.92. The zero-order valence-corrected chi connectivity index (χ0v) is 10.7. The Hall–Kier alpha value is -1.50. The number of carbonyl (C=O) groups is 2. The van der Waals surface area contributed by atoms with Gasteiger partial charge in [0.05, 0.1) is 0 Å². The highest BCUT2D eigenvalue weighted by Gasteiger charge is 2.24. The second kappa shape index (κ2) is 6.95. The molecule has 1 amide bonds. The van der Waals surface area contributed by atoms with Gasteiger partial charge >= 0.3 is 5.97 Å². The van der Waals surface area contributed by atoms with Gasteiger partial charge in [-0.25, -0.2) is 0 Å². The number of rotatable bonds is 6. The van der Waals surface area contributed by atoms with Crippen LogP contribution in [0, 0.1) is 23.7 Å². The summed E-state index contributed by atoms with van der Waals surface area (Å²) in [6.45, 7) is 6.71. The molecule has 4 nitrogen and oxygen atoms in total. The molecule has 0 radical (unpaired) electrons. The maximum Gasteiger partial charge on any atom is 0.303 e. The molecule has 0 saturated carbocycles. The summed E-state index contributed by atoms with van der Waals surface area (Å²) in [5.41, 5.74) is 0.0241. The molecule has 17 heavy (non-hydrogen) atoms. The predicted molar refractivity (Wildman–Crippen MR) is 66.3 cm³/mol. The molecule has 0 aliphatic carbocycles. The number of nitrogens with one attached hydrogen (secondary N) is 1. The van der Waals surface area contributed by atoms with Crippen LogP contribution in [0.2, 0.25) is 0 Å². The molecule has 0 aromatic heterocycles. The summed E-state index contributed by atoms with van der Waals surface area (Å²) in [5, 5.41) is 11.3. The molecule has 96 valence electrons. The lowest BCUT2D eigenvalue weighted by molar-refractivity contribution is -0.137. The van der Waals surface area contributed by atoms with E-state index in [1.807, 2.05) is 5.92 Å². The van der Waals surface area contributed by atoms with E-state index in [-0.39, 0.29) is 17.8 Å². The molecule has 1 unspecified atom stereocenters. The van der Waals surface area contributed by atoms with Crippen LogP contribution in [0.25, 0.3) is 0 Å². The quantitative estimate of drug-likeness (QED) is 0.693. The van der Waals surface area contributed by atoms with Gasteiger partial charge in [-0.2, -0.15) is 0 Å². The van der Waals surface area contributed by atoms with Gasteiger partial charge in [-0.05, 0) is 30.1 Å². The standard InChI is InChI=1S/C13H21NO3/c1-5-11(15)14-9-8-10(13(2,3)4)6-7-12(16)17/h1,10H,6-9H2,2-4H3,(H,14,15)(H,16,17). The Labute approximate surface area is 103 Å². The summed E-state index contributed by atoms with van der Waals surface area (Å²) in [7, 11) is 0. The number of aliphatic carboxylic acids is 1. The Morgan fingerprint density at radius 1 is 1.35 bits per heavy atom. The molecule has 0 aromatic rings. The summed E-state index contributed by atoms with van der Waals surface area (Å²) in [6, 6.07) is 0. The summed E-state index contributed by atoms with van der Waals surface area (Å²) < 4.78 is 0. The van der Waals surface area contributed by atoms with Gasteiger partial charge in [0.15, 0.2) is 0 Å². The minimum atomic E-state index is -0.785. The van der Waals surface area contributed by atoms with Crippen molar-refractivity contribution in [1.29, 1.82) is 0 Å². The number of hydrogen-bond acceptors (Lipinski definition) is 2. The second-order valence-corrected chi connectivity index (χ2v) is 5.18. The van der Waals surface area contributed by atoms with Crippen LogP contribution in [0.4, 0.5) is 0 Å². The molecule has 0 saturated heterocycles. The first-order valence-electron chi connectivity index (χ1n) is 5.73. The van der Waals surface area contributed by atoms with Crippen molar-refractivity contribution >= 4 is 11.9 Å². The van der Waals surface area contributed by atoms with Crippen molar-refractivity contribution in [2.75, 3.05) is 6.54 Å². The van der Waals surface area contributed by atoms with E-state index in [2.05, 4.69) is 26.1 Å². The molecular formula is C13H21NO3. The van der Waals surface area contributed by atoms with Gasteiger partial charge in [0.1, 0.15) is 0 Å². The van der Waals surface area contributed by atoms with Gasteiger partial charge in [-0.1, -0.05) is 20.8 Å². The lowest BCUT2D eigenvalue weighted by Gasteiger charge is -2.30. The number of carboxylic acid groups (broad SMARTS) is 1. The first-order valence-corrected chi connectivity index (χ1v) is 5.73. The van der Waals surface area contributed by atoms with Crippen LogP contribution in [0.1, 0.15) is 40.0 Å². The molecular weight excluding hydrogens is 218 g/mol. The highest BCUT2D eigenvalue weighted by atomic mass is 16.4. The lowest BCUT2D eigenvalue weighted by atomic mass is 9.76. The van der Waals surface area contributed by atoms with E-state index < -0.39 is 11.9 Å². The van der Waals surface area contributed by atoms with Crippen LogP contribution in [-0.4, -0.2) is 23.5 Å². The summed E-state index contributed by atoms with van der Waals surface area (Å²) in [6.07, 6.45) is 6.45. The van der Waals surface area contributed by atoms with E-state index in [0.29, 0.717) is 13.0 Å². The monoisotopic (exact) mass is 239 g/mol. The fourth-order valence-electron chi connectivity index (χ4n) is 1.72. The first kappa shape index (κ1) is 15.5. The van der Waals surface area contributed by atoms with Crippen molar-refractivity contribution in [3.8, 4) is 12.3 Å². The van der Waals surface area contributed by atoms with Gasteiger partial charge in [-0.3, -0.25) is 9.59 Å². The molecule has 0 aromatic carbocycles.